The smallest absolute Gasteiger partial charge is 0.330 e. The number of quaternary nitrogens is 1. The molecule has 2 saturated heterocycles. The van der Waals surface area contributed by atoms with Gasteiger partial charge in [-0.25, -0.2) is 9.11 Å². The first-order valence-corrected chi connectivity index (χ1v) is 23.1. The minimum absolute atomic E-state index is 0.0258. The molecule has 0 aliphatic carbocycles. The van der Waals surface area contributed by atoms with Gasteiger partial charge in [0.2, 0.25) is 23.6 Å². The van der Waals surface area contributed by atoms with Crippen LogP contribution in [0.25, 0.3) is 0 Å². The van der Waals surface area contributed by atoms with Crippen LogP contribution in [0.3, 0.4) is 0 Å². The van der Waals surface area contributed by atoms with E-state index in [1.807, 2.05) is 4.98 Å². The third kappa shape index (κ3) is 16.9. The maximum absolute atomic E-state index is 13.2. The average Bonchev–Trinajstić information content (AvgIpc) is 3.51. The number of carbonyl (C=O) groups is 6. The molecule has 3 rings (SSSR count). The van der Waals surface area contributed by atoms with E-state index in [0.29, 0.717) is 24.0 Å². The second-order valence-electron chi connectivity index (χ2n) is 15.1. The van der Waals surface area contributed by atoms with Crippen molar-refractivity contribution in [3.05, 3.63) is 33.1 Å². The van der Waals surface area contributed by atoms with Crippen molar-refractivity contribution in [1.82, 2.24) is 30.8 Å². The molecule has 3 heterocycles. The van der Waals surface area contributed by atoms with E-state index in [1.54, 1.807) is 0 Å². The Morgan fingerprint density at radius 3 is 2.12 bits per heavy atom. The van der Waals surface area contributed by atoms with E-state index in [1.165, 1.54) is 0 Å². The number of hydrogen-bond acceptors (Lipinski definition) is 24. The van der Waals surface area contributed by atoms with Gasteiger partial charge in [-0.2, -0.15) is 0 Å². The van der Waals surface area contributed by atoms with Crippen LogP contribution in [0, 0.1) is 0 Å². The Hall–Kier alpha value is -4.56. The number of aliphatic hydroxyl groups excluding tert-OH is 4. The van der Waals surface area contributed by atoms with E-state index in [0.717, 1.165) is 33.0 Å². The minimum atomic E-state index is -6.23. The van der Waals surface area contributed by atoms with Gasteiger partial charge in [-0.05, 0) is 39.5 Å². The van der Waals surface area contributed by atoms with Gasteiger partial charge in [0.05, 0.1) is 43.8 Å². The summed E-state index contributed by atoms with van der Waals surface area (Å²) in [7, 11) is -12.3. The van der Waals surface area contributed by atoms with E-state index in [-0.39, 0.29) is 6.42 Å². The van der Waals surface area contributed by atoms with Crippen LogP contribution in [-0.4, -0.2) is 158 Å². The third-order valence-corrected chi connectivity index (χ3v) is 12.4. The number of rotatable bonds is 26. The van der Waals surface area contributed by atoms with Crippen molar-refractivity contribution in [3.63, 3.8) is 0 Å². The minimum Gasteiger partial charge on any atom is -0.756 e. The Labute approximate surface area is 378 Å². The molecule has 2 unspecified atom stereocenters. The lowest BCUT2D eigenvalue weighted by Crippen LogP contribution is -2.66. The fourth-order valence-electron chi connectivity index (χ4n) is 6.44. The number of carboxylic acids is 2. The number of amides is 4. The van der Waals surface area contributed by atoms with Crippen molar-refractivity contribution >= 4 is 51.2 Å². The number of unbranched alkanes of at least 4 members (excludes halogenated alkanes) is 1. The molecule has 15 atom stereocenters. The molecule has 1 aromatic rings. The maximum atomic E-state index is 13.2. The van der Waals surface area contributed by atoms with E-state index in [2.05, 4.69) is 35.8 Å². The standard InChI is InChI=1S/C34H55N7O24P2/c1-14(28(49)39-18(32(53)54)7-8-21(44)38-17(31(51)52)6-4-5-10-35)36-29(50)15(2)61-27-23(37-16(3)43)33(63-19(12-42)25(27)47)64-67(58,59)65-66(56,57)60-13-20-24(46)26(48)30(62-20)41-11-9-22(45)40-34(41)55/h9,11,14-15,17-20,23-27,30,33,42,46-48H,4-8,10,12-13,35H2,1-3H3,(H,36,50)(H,37,43)(H,38,44)(H,39,49)(H,51,52)(H,53,54)(H,56,57)(H,58,59)(H,40,45,55)/p-3/t14-,15+,17-,18+,19+,20+,23+,24+,25+,26+,27+,30+,33+/m0/s1. The molecule has 2 fully saturated rings. The number of phosphoric ester groups is 2. The molecule has 0 aromatic carbocycles. The Balaban J connectivity index is 1.66. The Morgan fingerprint density at radius 1 is 0.896 bits per heavy atom. The van der Waals surface area contributed by atoms with Crippen LogP contribution in [0.4, 0.5) is 0 Å². The molecule has 2 aliphatic heterocycles. The molecule has 1 aromatic heterocycles. The third-order valence-electron chi connectivity index (χ3n) is 9.87. The number of carboxylic acid groups (broad SMARTS) is 2. The van der Waals surface area contributed by atoms with Crippen molar-refractivity contribution in [2.75, 3.05) is 19.8 Å². The monoisotopic (exact) mass is 1000 g/mol. The summed E-state index contributed by atoms with van der Waals surface area (Å²) in [6, 6.07) is -5.84. The van der Waals surface area contributed by atoms with Crippen molar-refractivity contribution in [1.29, 1.82) is 0 Å². The highest BCUT2D eigenvalue weighted by Crippen LogP contribution is 2.57. The van der Waals surface area contributed by atoms with Gasteiger partial charge < -0.3 is 95.8 Å². The number of nitrogens with zero attached hydrogens (tertiary/aromatic N) is 1. The number of hydrogen-bond donors (Lipinski definition) is 10. The van der Waals surface area contributed by atoms with Gasteiger partial charge in [0.1, 0.15) is 54.8 Å². The number of aromatic amines is 1. The number of carbonyl (C=O) groups excluding carboxylic acids is 6. The first-order valence-electron chi connectivity index (χ1n) is 20.2. The molecule has 4 amide bonds. The second-order valence-corrected chi connectivity index (χ2v) is 18.0. The van der Waals surface area contributed by atoms with Gasteiger partial charge in [-0.1, -0.05) is 0 Å². The average molecular weight is 1000 g/mol. The molecule has 33 heteroatoms. The zero-order valence-corrected chi connectivity index (χ0v) is 37.6. The van der Waals surface area contributed by atoms with E-state index in [4.69, 9.17) is 18.7 Å². The zero-order chi connectivity index (χ0) is 50.6. The molecule has 2 aliphatic rings. The molecular formula is C34H52N7O24P2-3. The quantitative estimate of drug-likeness (QED) is 0.0304. The number of ether oxygens (including phenoxy) is 3. The summed E-state index contributed by atoms with van der Waals surface area (Å²) in [5.41, 5.74) is 1.73. The first-order chi connectivity index (χ1) is 31.2. The summed E-state index contributed by atoms with van der Waals surface area (Å²) in [5.74, 6) is -7.54. The molecule has 67 heavy (non-hydrogen) atoms. The lowest BCUT2D eigenvalue weighted by Gasteiger charge is -2.46. The fourth-order valence-corrected chi connectivity index (χ4v) is 8.53. The lowest BCUT2D eigenvalue weighted by atomic mass is 9.96. The Kier molecular flexibility index (Phi) is 21.3. The summed E-state index contributed by atoms with van der Waals surface area (Å²) >= 11 is 0. The Bertz CT molecular complexity index is 2130. The highest BCUT2D eigenvalue weighted by atomic mass is 31.3. The number of aliphatic carboxylic acids is 2. The number of phosphoric acid groups is 2. The van der Waals surface area contributed by atoms with Gasteiger partial charge >= 0.3 is 5.69 Å². The number of H-pyrrole nitrogens is 1. The predicted molar refractivity (Wildman–Crippen MR) is 207 cm³/mol. The van der Waals surface area contributed by atoms with Gasteiger partial charge in [0.15, 0.2) is 12.5 Å². The van der Waals surface area contributed by atoms with E-state index < -0.39 is 168 Å². The number of nitrogens with one attached hydrogen (secondary N) is 5. The summed E-state index contributed by atoms with van der Waals surface area (Å²) < 4.78 is 55.8. The lowest BCUT2D eigenvalue weighted by molar-refractivity contribution is -0.368. The first kappa shape index (κ1) is 56.8. The van der Waals surface area contributed by atoms with Gasteiger partial charge in [0.25, 0.3) is 21.2 Å². The van der Waals surface area contributed by atoms with Gasteiger partial charge in [-0.15, -0.1) is 0 Å². The van der Waals surface area contributed by atoms with Crippen LogP contribution >= 0.6 is 15.6 Å². The molecule has 0 spiro atoms. The molecule has 0 saturated carbocycles. The largest absolute Gasteiger partial charge is 0.756 e. The summed E-state index contributed by atoms with van der Waals surface area (Å²) in [6.07, 6.45) is -16.5. The van der Waals surface area contributed by atoms with Crippen LogP contribution in [0.15, 0.2) is 21.9 Å². The Morgan fingerprint density at radius 2 is 1.54 bits per heavy atom. The number of aliphatic hydroxyl groups is 4. The van der Waals surface area contributed by atoms with Gasteiger partial charge in [0, 0.05) is 25.6 Å². The van der Waals surface area contributed by atoms with Crippen molar-refractivity contribution in [2.24, 2.45) is 0 Å². The van der Waals surface area contributed by atoms with Crippen molar-refractivity contribution in [2.45, 2.75) is 132 Å². The molecule has 380 valence electrons. The summed E-state index contributed by atoms with van der Waals surface area (Å²) in [5, 5.41) is 73.4. The topological polar surface area (TPSA) is 496 Å². The van der Waals surface area contributed by atoms with Crippen LogP contribution in [0.5, 0.6) is 0 Å². The fraction of sp³-hybridized carbons (Fsp3) is 0.706. The molecular weight excluding hydrogens is 952 g/mol. The van der Waals surface area contributed by atoms with Gasteiger partial charge in [-0.3, -0.25) is 47.2 Å². The van der Waals surface area contributed by atoms with Crippen LogP contribution in [0.2, 0.25) is 0 Å². The SMILES string of the molecule is CC(=O)N[C@H]1[C@@H](OP(=O)([O-])OP(=O)([O-])OC[C@H]2O[C@@H](n3ccc(=O)[nH]c3=O)[C@H](O)[C@@H]2O)O[C@H](CO)[C@@H](O)[C@@H]1O[C@H](C)C(=O)N[C@@H](C)C(=O)N[C@H](CCC(=O)N[C@@H](CCCC[NH3+])C(=O)[O-])C(=O)[O-]. The number of aromatic nitrogens is 2. The summed E-state index contributed by atoms with van der Waals surface area (Å²) in [4.78, 5) is 125. The van der Waals surface area contributed by atoms with E-state index in [9.17, 15) is 87.9 Å². The van der Waals surface area contributed by atoms with E-state index >= 15 is 0 Å². The predicted octanol–water partition coefficient (Wildman–Crippen LogP) is -10.3. The molecule has 0 radical (unpaired) electrons. The normalized spacial score (nSPS) is 27.5. The molecule has 31 nitrogen and oxygen atoms in total. The van der Waals surface area contributed by atoms with Crippen molar-refractivity contribution in [3.8, 4) is 0 Å². The molecule has 12 N–H and O–H groups in total. The highest BCUT2D eigenvalue weighted by molar-refractivity contribution is 7.59. The van der Waals surface area contributed by atoms with Crippen LogP contribution in [0.1, 0.15) is 59.1 Å². The zero-order valence-electron chi connectivity index (χ0n) is 35.8. The van der Waals surface area contributed by atoms with Crippen LogP contribution < -0.4 is 58.2 Å². The molecule has 0 bridgehead atoms. The second kappa shape index (κ2) is 25.2. The summed E-state index contributed by atoms with van der Waals surface area (Å²) in [6.45, 7) is 1.19. The maximum Gasteiger partial charge on any atom is 0.330 e. The van der Waals surface area contributed by atoms with Crippen LogP contribution in [-0.2, 0) is 65.5 Å². The van der Waals surface area contributed by atoms with Crippen molar-refractivity contribution < 1.29 is 112 Å². The highest BCUT2D eigenvalue weighted by Gasteiger charge is 2.50.